The van der Waals surface area contributed by atoms with Crippen LogP contribution in [0, 0.1) is 0 Å². The van der Waals surface area contributed by atoms with E-state index >= 15 is 0 Å². The van der Waals surface area contributed by atoms with Crippen molar-refractivity contribution in [2.75, 3.05) is 6.54 Å². The van der Waals surface area contributed by atoms with E-state index in [0.29, 0.717) is 6.54 Å². The molecule has 4 nitrogen and oxygen atoms in total. The normalized spacial score (nSPS) is 12.2. The predicted octanol–water partition coefficient (Wildman–Crippen LogP) is 3.05. The lowest BCUT2D eigenvalue weighted by Crippen LogP contribution is -2.24. The van der Waals surface area contributed by atoms with E-state index in [9.17, 15) is 8.42 Å². The summed E-state index contributed by atoms with van der Waals surface area (Å²) in [5.41, 5.74) is 2.48. The Morgan fingerprint density at radius 2 is 2.05 bits per heavy atom. The Bertz CT molecular complexity index is 571. The van der Waals surface area contributed by atoms with Crippen molar-refractivity contribution >= 4 is 10.0 Å². The van der Waals surface area contributed by atoms with E-state index < -0.39 is 10.0 Å². The fourth-order valence-electron chi connectivity index (χ4n) is 1.61. The topological polar surface area (TPSA) is 59.1 Å². The van der Waals surface area contributed by atoms with Gasteiger partial charge in [-0.3, -0.25) is 4.98 Å². The van der Waals surface area contributed by atoms with Gasteiger partial charge in [0.2, 0.25) is 10.0 Å². The zero-order valence-corrected chi connectivity index (χ0v) is 13.1. The van der Waals surface area contributed by atoms with E-state index in [4.69, 9.17) is 0 Å². The van der Waals surface area contributed by atoms with Crippen LogP contribution in [0.3, 0.4) is 0 Å². The molecule has 5 heteroatoms. The van der Waals surface area contributed by atoms with Crippen LogP contribution in [-0.2, 0) is 10.0 Å². The van der Waals surface area contributed by atoms with Gasteiger partial charge in [-0.25, -0.2) is 13.1 Å². The number of sulfonamides is 1. The monoisotopic (exact) mass is 294 g/mol. The summed E-state index contributed by atoms with van der Waals surface area (Å²) in [5, 5.41) is 0. The van der Waals surface area contributed by atoms with Crippen LogP contribution in [0.25, 0.3) is 0 Å². The first-order chi connectivity index (χ1) is 9.42. The second-order valence-electron chi connectivity index (χ2n) is 4.91. The van der Waals surface area contributed by atoms with Gasteiger partial charge in [0.1, 0.15) is 4.90 Å². The highest BCUT2D eigenvalue weighted by atomic mass is 32.2. The third-order valence-electron chi connectivity index (χ3n) is 2.76. The highest BCUT2D eigenvalue weighted by Crippen LogP contribution is 2.07. The highest BCUT2D eigenvalue weighted by Gasteiger charge is 2.11. The van der Waals surface area contributed by atoms with Gasteiger partial charge in [-0.15, -0.1) is 0 Å². The van der Waals surface area contributed by atoms with Gasteiger partial charge in [0.05, 0.1) is 0 Å². The second-order valence-corrected chi connectivity index (χ2v) is 6.68. The molecule has 0 aliphatic rings. The van der Waals surface area contributed by atoms with Gasteiger partial charge in [0.25, 0.3) is 0 Å². The smallest absolute Gasteiger partial charge is 0.242 e. The molecule has 0 atom stereocenters. The lowest BCUT2D eigenvalue weighted by molar-refractivity contribution is 0.585. The van der Waals surface area contributed by atoms with E-state index in [1.807, 2.05) is 13.0 Å². The van der Waals surface area contributed by atoms with E-state index in [2.05, 4.69) is 29.6 Å². The average molecular weight is 294 g/mol. The quantitative estimate of drug-likeness (QED) is 0.786. The fourth-order valence-corrected chi connectivity index (χ4v) is 2.53. The van der Waals surface area contributed by atoms with Crippen molar-refractivity contribution in [3.63, 3.8) is 0 Å². The zero-order valence-electron chi connectivity index (χ0n) is 12.3. The minimum absolute atomic E-state index is 0.190. The Balaban J connectivity index is 2.49. The average Bonchev–Trinajstić information content (AvgIpc) is 2.39. The molecule has 0 fully saturated rings. The summed E-state index contributed by atoms with van der Waals surface area (Å²) in [6, 6.07) is 3.13. The number of aromatic nitrogens is 1. The van der Waals surface area contributed by atoms with E-state index in [1.165, 1.54) is 23.4 Å². The molecule has 0 aliphatic carbocycles. The van der Waals surface area contributed by atoms with Crippen LogP contribution in [0.4, 0.5) is 0 Å². The summed E-state index contributed by atoms with van der Waals surface area (Å²) in [4.78, 5) is 4.00. The lowest BCUT2D eigenvalue weighted by atomic mass is 10.1. The first-order valence-corrected chi connectivity index (χ1v) is 8.09. The largest absolute Gasteiger partial charge is 0.263 e. The third-order valence-corrected chi connectivity index (χ3v) is 4.17. The molecule has 1 aromatic heterocycles. The van der Waals surface area contributed by atoms with Crippen molar-refractivity contribution in [3.8, 4) is 0 Å². The van der Waals surface area contributed by atoms with Crippen molar-refractivity contribution in [2.24, 2.45) is 0 Å². The second kappa shape index (κ2) is 7.97. The van der Waals surface area contributed by atoms with Gasteiger partial charge in [-0.05, 0) is 45.7 Å². The minimum atomic E-state index is -3.46. The molecule has 1 rings (SSSR count). The standard InChI is InChI=1S/C15H22N2O2S/c1-13(2)6-4-7-14(3)9-11-17-20(18,19)15-8-5-10-16-12-15/h5-6,8-10,12,17H,4,7,11H2,1-3H3/b14-9+. The maximum atomic E-state index is 11.9. The van der Waals surface area contributed by atoms with Crippen molar-refractivity contribution in [1.82, 2.24) is 9.71 Å². The molecule has 20 heavy (non-hydrogen) atoms. The lowest BCUT2D eigenvalue weighted by Gasteiger charge is -2.04. The predicted molar refractivity (Wildman–Crippen MR) is 81.8 cm³/mol. The summed E-state index contributed by atoms with van der Waals surface area (Å²) in [6.45, 7) is 6.46. The summed E-state index contributed by atoms with van der Waals surface area (Å²) in [5.74, 6) is 0. The molecule has 0 spiro atoms. The maximum absolute atomic E-state index is 11.9. The molecular weight excluding hydrogens is 272 g/mol. The van der Waals surface area contributed by atoms with Gasteiger partial charge < -0.3 is 0 Å². The number of allylic oxidation sites excluding steroid dienone is 3. The SMILES string of the molecule is CC(C)=CCC/C(C)=C/CNS(=O)(=O)c1cccnc1. The van der Waals surface area contributed by atoms with Crippen molar-refractivity contribution in [2.45, 2.75) is 38.5 Å². The molecular formula is C15H22N2O2S. The maximum Gasteiger partial charge on any atom is 0.242 e. The number of nitrogens with one attached hydrogen (secondary N) is 1. The minimum Gasteiger partial charge on any atom is -0.263 e. The summed E-state index contributed by atoms with van der Waals surface area (Å²) < 4.78 is 26.4. The van der Waals surface area contributed by atoms with Crippen molar-refractivity contribution < 1.29 is 8.42 Å². The van der Waals surface area contributed by atoms with Gasteiger partial charge in [0.15, 0.2) is 0 Å². The summed E-state index contributed by atoms with van der Waals surface area (Å²) >= 11 is 0. The molecule has 0 saturated heterocycles. The van der Waals surface area contributed by atoms with Crippen LogP contribution in [0.15, 0.2) is 52.7 Å². The summed E-state index contributed by atoms with van der Waals surface area (Å²) in [6.07, 6.45) is 8.91. The van der Waals surface area contributed by atoms with Crippen LogP contribution >= 0.6 is 0 Å². The highest BCUT2D eigenvalue weighted by molar-refractivity contribution is 7.89. The Kier molecular flexibility index (Phi) is 6.61. The van der Waals surface area contributed by atoms with Crippen LogP contribution < -0.4 is 4.72 Å². The van der Waals surface area contributed by atoms with Crippen LogP contribution in [0.5, 0.6) is 0 Å². The molecule has 1 heterocycles. The molecule has 0 amide bonds. The van der Waals surface area contributed by atoms with E-state index in [0.717, 1.165) is 12.8 Å². The molecule has 0 aliphatic heterocycles. The number of nitrogens with zero attached hydrogens (tertiary/aromatic N) is 1. The number of hydrogen-bond acceptors (Lipinski definition) is 3. The Morgan fingerprint density at radius 3 is 2.65 bits per heavy atom. The van der Waals surface area contributed by atoms with Crippen LogP contribution in [0.1, 0.15) is 33.6 Å². The Morgan fingerprint density at radius 1 is 1.30 bits per heavy atom. The molecule has 110 valence electrons. The van der Waals surface area contributed by atoms with Gasteiger partial charge in [0, 0.05) is 18.9 Å². The number of hydrogen-bond donors (Lipinski definition) is 1. The molecule has 0 bridgehead atoms. The van der Waals surface area contributed by atoms with Gasteiger partial charge in [-0.2, -0.15) is 0 Å². The number of pyridine rings is 1. The molecule has 1 N–H and O–H groups in total. The first-order valence-electron chi connectivity index (χ1n) is 6.60. The van der Waals surface area contributed by atoms with E-state index in [-0.39, 0.29) is 4.90 Å². The van der Waals surface area contributed by atoms with Crippen LogP contribution in [-0.4, -0.2) is 19.9 Å². The molecule has 0 aromatic carbocycles. The molecule has 0 saturated carbocycles. The van der Waals surface area contributed by atoms with Crippen molar-refractivity contribution in [3.05, 3.63) is 47.8 Å². The molecule has 0 radical (unpaired) electrons. The van der Waals surface area contributed by atoms with Gasteiger partial charge >= 0.3 is 0 Å². The Labute approximate surface area is 121 Å². The first kappa shape index (κ1) is 16.6. The van der Waals surface area contributed by atoms with E-state index in [1.54, 1.807) is 12.3 Å². The zero-order chi connectivity index (χ0) is 15.0. The molecule has 0 unspecified atom stereocenters. The molecule has 1 aromatic rings. The fraction of sp³-hybridized carbons (Fsp3) is 0.400. The van der Waals surface area contributed by atoms with Crippen LogP contribution in [0.2, 0.25) is 0 Å². The number of rotatable bonds is 7. The summed E-state index contributed by atoms with van der Waals surface area (Å²) in [7, 11) is -3.46. The third kappa shape index (κ3) is 6.12. The Hall–Kier alpha value is -1.46. The van der Waals surface area contributed by atoms with Gasteiger partial charge in [-0.1, -0.05) is 23.3 Å². The van der Waals surface area contributed by atoms with Crippen molar-refractivity contribution in [1.29, 1.82) is 0 Å².